The summed E-state index contributed by atoms with van der Waals surface area (Å²) < 4.78 is 63.1. The number of allylic oxidation sites excluding steroid dienone is 1. The predicted molar refractivity (Wildman–Crippen MR) is 95.4 cm³/mol. The summed E-state index contributed by atoms with van der Waals surface area (Å²) in [5.74, 6) is -5.90. The van der Waals surface area contributed by atoms with Crippen molar-refractivity contribution in [3.05, 3.63) is 11.6 Å². The van der Waals surface area contributed by atoms with E-state index in [9.17, 15) is 25.2 Å². The first-order valence-corrected chi connectivity index (χ1v) is 9.55. The third-order valence-corrected chi connectivity index (χ3v) is 8.24. The first kappa shape index (κ1) is 12.0. The van der Waals surface area contributed by atoms with Crippen LogP contribution in [0.15, 0.2) is 11.6 Å². The average molecular weight is 386 g/mol. The summed E-state index contributed by atoms with van der Waals surface area (Å²) in [6.45, 7) is -2.06. The van der Waals surface area contributed by atoms with Crippen LogP contribution in [0.5, 0.6) is 0 Å². The van der Waals surface area contributed by atoms with Gasteiger partial charge in [0.05, 0.1) is 16.8 Å². The Bertz CT molecular complexity index is 997. The van der Waals surface area contributed by atoms with Gasteiger partial charge in [-0.05, 0) is 67.7 Å². The second-order valence-electron chi connectivity index (χ2n) is 9.15. The molecule has 0 aromatic heterocycles. The Morgan fingerprint density at radius 2 is 2.15 bits per heavy atom. The summed E-state index contributed by atoms with van der Waals surface area (Å²) in [7, 11) is 0. The molecule has 0 aromatic carbocycles. The first-order valence-electron chi connectivity index (χ1n) is 13.0. The molecule has 1 heterocycles. The zero-order valence-electron chi connectivity index (χ0n) is 22.2. The van der Waals surface area contributed by atoms with Crippen molar-refractivity contribution in [2.75, 3.05) is 13.2 Å². The standard InChI is InChI=1S/C21H30O6/c1-18-6-4-13(23)8-12(18)2-3-14-15-5-7-20(25)19(15,9-16(24)17(14)18)11-27-21(20,26)10-22/h8,14-17,22,24-26H,2-7,9-11H2,1H3/t14-,15-,16-,17+,18-,19+,20+,21+/m0/s1/i2D2,4D2,8D,10D2. The van der Waals surface area contributed by atoms with Gasteiger partial charge in [0.1, 0.15) is 12.2 Å². The maximum atomic E-state index is 12.5. The van der Waals surface area contributed by atoms with Crippen LogP contribution in [-0.2, 0) is 9.53 Å². The molecule has 6 heteroatoms. The van der Waals surface area contributed by atoms with Crippen LogP contribution in [0.1, 0.15) is 61.4 Å². The van der Waals surface area contributed by atoms with Gasteiger partial charge >= 0.3 is 0 Å². The van der Waals surface area contributed by atoms with Gasteiger partial charge in [-0.3, -0.25) is 4.79 Å². The van der Waals surface area contributed by atoms with E-state index >= 15 is 0 Å². The van der Waals surface area contributed by atoms with Gasteiger partial charge in [-0.2, -0.15) is 0 Å². The molecule has 1 saturated heterocycles. The molecule has 4 fully saturated rings. The highest BCUT2D eigenvalue weighted by molar-refractivity contribution is 5.91. The SMILES string of the molecule is [2H]C1=C2C([2H])([2H])C[C@@H]3[C@H]([C@@H](O)C[C@]45CO[C@](O)(C([2H])([2H])O)[C@@]4(O)CC[C@@H]35)[C@@]2(C)CC([2H])([2H])C1=O. The third kappa shape index (κ3) is 1.96. The van der Waals surface area contributed by atoms with Gasteiger partial charge in [0.2, 0.25) is 5.79 Å². The van der Waals surface area contributed by atoms with Crippen molar-refractivity contribution in [3.8, 4) is 0 Å². The Hall–Kier alpha value is -0.790. The molecule has 0 aromatic rings. The molecule has 0 amide bonds. The minimum absolute atomic E-state index is 0.101. The van der Waals surface area contributed by atoms with Crippen molar-refractivity contribution in [2.24, 2.45) is 28.6 Å². The molecule has 3 saturated carbocycles. The molecule has 150 valence electrons. The topological polar surface area (TPSA) is 107 Å². The van der Waals surface area contributed by atoms with E-state index in [1.807, 2.05) is 0 Å². The number of fused-ring (bicyclic) bond motifs is 4. The predicted octanol–water partition coefficient (Wildman–Crippen LogP) is 0.911. The smallest absolute Gasteiger partial charge is 0.219 e. The van der Waals surface area contributed by atoms with Crippen LogP contribution in [0.2, 0.25) is 0 Å². The molecule has 5 aliphatic rings. The number of rotatable bonds is 1. The van der Waals surface area contributed by atoms with Crippen LogP contribution in [0, 0.1) is 28.6 Å². The monoisotopic (exact) mass is 385 g/mol. The molecule has 5 rings (SSSR count). The second kappa shape index (κ2) is 5.42. The van der Waals surface area contributed by atoms with Crippen LogP contribution in [0.25, 0.3) is 0 Å². The fourth-order valence-electron chi connectivity index (χ4n) is 7.02. The summed E-state index contributed by atoms with van der Waals surface area (Å²) in [5.41, 5.74) is -5.05. The third-order valence-electron chi connectivity index (χ3n) is 8.24. The lowest BCUT2D eigenvalue weighted by molar-refractivity contribution is -0.280. The van der Waals surface area contributed by atoms with Crippen molar-refractivity contribution < 1.29 is 39.6 Å². The summed E-state index contributed by atoms with van der Waals surface area (Å²) in [6, 6.07) is -0.690. The van der Waals surface area contributed by atoms with Gasteiger partial charge in [-0.25, -0.2) is 0 Å². The van der Waals surface area contributed by atoms with E-state index in [-0.39, 0.29) is 37.9 Å². The van der Waals surface area contributed by atoms with Gasteiger partial charge < -0.3 is 25.2 Å². The van der Waals surface area contributed by atoms with E-state index in [0.29, 0.717) is 0 Å². The molecule has 1 spiro atoms. The molecule has 0 radical (unpaired) electrons. The number of ether oxygens (including phenoxy) is 1. The van der Waals surface area contributed by atoms with Gasteiger partial charge in [-0.1, -0.05) is 12.5 Å². The fraction of sp³-hybridized carbons (Fsp3) is 0.857. The van der Waals surface area contributed by atoms with E-state index in [2.05, 4.69) is 0 Å². The number of carbonyl (C=O) groups is 1. The molecule has 8 atom stereocenters. The largest absolute Gasteiger partial charge is 0.393 e. The van der Waals surface area contributed by atoms with Gasteiger partial charge in [0.15, 0.2) is 5.78 Å². The highest BCUT2D eigenvalue weighted by atomic mass is 16.7. The molecular formula is C21H30O6. The molecule has 27 heavy (non-hydrogen) atoms. The van der Waals surface area contributed by atoms with Crippen molar-refractivity contribution in [1.29, 1.82) is 0 Å². The van der Waals surface area contributed by atoms with Crippen LogP contribution >= 0.6 is 0 Å². The Morgan fingerprint density at radius 1 is 1.37 bits per heavy atom. The second-order valence-corrected chi connectivity index (χ2v) is 9.15. The maximum Gasteiger partial charge on any atom is 0.219 e. The normalized spacial score (nSPS) is 65.2. The minimum Gasteiger partial charge on any atom is -0.393 e. The zero-order chi connectivity index (χ0) is 25.5. The lowest BCUT2D eigenvalue weighted by Crippen LogP contribution is -2.64. The maximum absolute atomic E-state index is 12.5. The lowest BCUT2D eigenvalue weighted by Gasteiger charge is -2.60. The average Bonchev–Trinajstić information content (AvgIpc) is 3.06. The molecule has 4 N–H and O–H groups in total. The van der Waals surface area contributed by atoms with E-state index in [0.717, 1.165) is 0 Å². The molecule has 6 nitrogen and oxygen atoms in total. The Kier molecular flexibility index (Phi) is 2.42. The van der Waals surface area contributed by atoms with Crippen LogP contribution in [0.4, 0.5) is 0 Å². The number of aliphatic hydroxyl groups excluding tert-OH is 1. The van der Waals surface area contributed by atoms with Crippen LogP contribution in [-0.4, -0.2) is 56.9 Å². The Morgan fingerprint density at radius 3 is 2.89 bits per heavy atom. The van der Waals surface area contributed by atoms with Crippen molar-refractivity contribution in [1.82, 2.24) is 0 Å². The summed E-state index contributed by atoms with van der Waals surface area (Å²) >= 11 is 0. The van der Waals surface area contributed by atoms with Crippen molar-refractivity contribution in [2.45, 2.75) is 69.3 Å². The Labute approximate surface area is 169 Å². The Balaban J connectivity index is 1.66. The minimum atomic E-state index is -3.30. The molecular weight excluding hydrogens is 348 g/mol. The zero-order valence-corrected chi connectivity index (χ0v) is 15.2. The molecule has 1 aliphatic heterocycles. The van der Waals surface area contributed by atoms with E-state index < -0.39 is 83.6 Å². The molecule has 0 unspecified atom stereocenters. The van der Waals surface area contributed by atoms with Crippen molar-refractivity contribution >= 4 is 5.78 Å². The number of hydrogen-bond acceptors (Lipinski definition) is 6. The van der Waals surface area contributed by atoms with Crippen LogP contribution in [0.3, 0.4) is 0 Å². The first-order chi connectivity index (χ1) is 15.3. The molecule has 4 aliphatic carbocycles. The van der Waals surface area contributed by atoms with E-state index in [1.54, 1.807) is 6.92 Å². The van der Waals surface area contributed by atoms with Crippen molar-refractivity contribution in [3.63, 3.8) is 0 Å². The fourth-order valence-corrected chi connectivity index (χ4v) is 7.02. The quantitative estimate of drug-likeness (QED) is 0.535. The number of hydrogen-bond donors (Lipinski definition) is 4. The van der Waals surface area contributed by atoms with Crippen LogP contribution < -0.4 is 0 Å². The number of carbonyl (C=O) groups excluding carboxylic acids is 1. The lowest BCUT2D eigenvalue weighted by atomic mass is 9.45. The van der Waals surface area contributed by atoms with Gasteiger partial charge in [-0.15, -0.1) is 0 Å². The highest BCUT2D eigenvalue weighted by Crippen LogP contribution is 2.71. The summed E-state index contributed by atoms with van der Waals surface area (Å²) in [5, 5.41) is 44.1. The summed E-state index contributed by atoms with van der Waals surface area (Å²) in [4.78, 5) is 12.5. The van der Waals surface area contributed by atoms with Gasteiger partial charge in [0, 0.05) is 17.3 Å². The van der Waals surface area contributed by atoms with Gasteiger partial charge in [0.25, 0.3) is 0 Å². The van der Waals surface area contributed by atoms with E-state index in [1.165, 1.54) is 0 Å². The number of ketones is 1. The van der Waals surface area contributed by atoms with E-state index in [4.69, 9.17) is 14.3 Å². The number of aliphatic hydroxyl groups is 4. The summed E-state index contributed by atoms with van der Waals surface area (Å²) in [6.07, 6.45) is -6.42. The molecule has 0 bridgehead atoms. The highest BCUT2D eigenvalue weighted by Gasteiger charge is 2.77.